The van der Waals surface area contributed by atoms with E-state index in [2.05, 4.69) is 16.1 Å². The Morgan fingerprint density at radius 3 is 2.48 bits per heavy atom. The highest BCUT2D eigenvalue weighted by atomic mass is 35.5. The van der Waals surface area contributed by atoms with Crippen molar-refractivity contribution in [1.29, 1.82) is 0 Å². The van der Waals surface area contributed by atoms with Crippen molar-refractivity contribution in [2.24, 2.45) is 0 Å². The normalized spacial score (nSPS) is 19.0. The van der Waals surface area contributed by atoms with Crippen LogP contribution in [0, 0.1) is 0 Å². The lowest BCUT2D eigenvalue weighted by Gasteiger charge is -2.22. The minimum atomic E-state index is -0.990. The number of imide groups is 1. The van der Waals surface area contributed by atoms with Crippen LogP contribution in [0.2, 0.25) is 5.02 Å². The average molecular weight is 403 g/mol. The maximum atomic E-state index is 12.8. The number of aryl methyl sites for hydroxylation is 1. The Hall–Kier alpha value is -2.64. The number of hydrogen-bond donors (Lipinski definition) is 3. The number of urea groups is 1. The Labute approximate surface area is 167 Å². The molecule has 2 aromatic carbocycles. The van der Waals surface area contributed by atoms with Gasteiger partial charge in [0.1, 0.15) is 5.54 Å². The highest BCUT2D eigenvalue weighted by Gasteiger charge is 2.48. The lowest BCUT2D eigenvalue weighted by atomic mass is 9.93. The van der Waals surface area contributed by atoms with Gasteiger partial charge in [-0.2, -0.15) is 5.01 Å². The fraction of sp³-hybridized carbons (Fsp3) is 0.211. The molecular weight excluding hydrogens is 384 g/mol. The number of thiocarbonyl (C=S) groups is 1. The molecule has 0 spiro atoms. The Balaban J connectivity index is 1.61. The predicted molar refractivity (Wildman–Crippen MR) is 109 cm³/mol. The van der Waals surface area contributed by atoms with Crippen molar-refractivity contribution in [3.05, 3.63) is 65.2 Å². The van der Waals surface area contributed by atoms with Gasteiger partial charge in [0.2, 0.25) is 0 Å². The minimum absolute atomic E-state index is 0.133. The molecule has 1 aliphatic rings. The number of nitrogens with one attached hydrogen (secondary N) is 3. The van der Waals surface area contributed by atoms with Gasteiger partial charge in [0.15, 0.2) is 5.11 Å². The molecule has 1 atom stereocenters. The maximum Gasteiger partial charge on any atom is 0.344 e. The molecule has 0 saturated carbocycles. The molecule has 27 heavy (non-hydrogen) atoms. The van der Waals surface area contributed by atoms with Crippen LogP contribution in [0.5, 0.6) is 0 Å². The summed E-state index contributed by atoms with van der Waals surface area (Å²) in [5, 5.41) is 7.30. The predicted octanol–water partition coefficient (Wildman–Crippen LogP) is 3.48. The summed E-state index contributed by atoms with van der Waals surface area (Å²) in [5.74, 6) is -0.372. The van der Waals surface area contributed by atoms with Crippen molar-refractivity contribution in [3.8, 4) is 0 Å². The van der Waals surface area contributed by atoms with E-state index >= 15 is 0 Å². The summed E-state index contributed by atoms with van der Waals surface area (Å²) in [6.07, 6.45) is 1.15. The molecule has 2 aromatic rings. The number of benzene rings is 2. The zero-order valence-corrected chi connectivity index (χ0v) is 16.2. The number of halogens is 1. The van der Waals surface area contributed by atoms with Gasteiger partial charge in [0.05, 0.1) is 0 Å². The van der Waals surface area contributed by atoms with Gasteiger partial charge in [0, 0.05) is 10.7 Å². The van der Waals surface area contributed by atoms with E-state index in [1.165, 1.54) is 0 Å². The van der Waals surface area contributed by atoms with Crippen LogP contribution in [0.4, 0.5) is 10.5 Å². The second-order valence-electron chi connectivity index (χ2n) is 6.46. The molecule has 0 radical (unpaired) electrons. The largest absolute Gasteiger partial charge is 0.344 e. The number of hydrazine groups is 1. The Morgan fingerprint density at radius 2 is 1.81 bits per heavy atom. The monoisotopic (exact) mass is 402 g/mol. The lowest BCUT2D eigenvalue weighted by Crippen LogP contribution is -2.50. The van der Waals surface area contributed by atoms with Gasteiger partial charge in [-0.3, -0.25) is 10.2 Å². The third kappa shape index (κ3) is 4.56. The van der Waals surface area contributed by atoms with E-state index in [-0.39, 0.29) is 11.0 Å². The quantitative estimate of drug-likeness (QED) is 0.527. The third-order valence-electron chi connectivity index (χ3n) is 4.33. The number of rotatable bonds is 5. The first kappa shape index (κ1) is 19.1. The van der Waals surface area contributed by atoms with Gasteiger partial charge in [-0.15, -0.1) is 0 Å². The molecule has 140 valence electrons. The van der Waals surface area contributed by atoms with Crippen LogP contribution < -0.4 is 16.1 Å². The smallest absolute Gasteiger partial charge is 0.331 e. The molecule has 0 aliphatic carbocycles. The van der Waals surface area contributed by atoms with E-state index in [1.807, 2.05) is 30.3 Å². The van der Waals surface area contributed by atoms with Crippen LogP contribution in [0.15, 0.2) is 54.6 Å². The Kier molecular flexibility index (Phi) is 5.62. The molecule has 8 heteroatoms. The lowest BCUT2D eigenvalue weighted by molar-refractivity contribution is -0.132. The first-order valence-electron chi connectivity index (χ1n) is 8.41. The second kappa shape index (κ2) is 7.94. The van der Waals surface area contributed by atoms with Gasteiger partial charge < -0.3 is 10.6 Å². The summed E-state index contributed by atoms with van der Waals surface area (Å²) in [6, 6.07) is 16.2. The summed E-state index contributed by atoms with van der Waals surface area (Å²) >= 11 is 11.0. The highest BCUT2D eigenvalue weighted by molar-refractivity contribution is 7.80. The Morgan fingerprint density at radius 1 is 1.15 bits per heavy atom. The van der Waals surface area contributed by atoms with E-state index in [9.17, 15) is 9.59 Å². The van der Waals surface area contributed by atoms with E-state index in [1.54, 1.807) is 31.2 Å². The molecule has 0 unspecified atom stereocenters. The van der Waals surface area contributed by atoms with Crippen molar-refractivity contribution in [3.63, 3.8) is 0 Å². The first-order valence-corrected chi connectivity index (χ1v) is 9.20. The van der Waals surface area contributed by atoms with E-state index in [0.717, 1.165) is 10.6 Å². The van der Waals surface area contributed by atoms with Crippen LogP contribution in [-0.2, 0) is 11.2 Å². The Bertz CT molecular complexity index is 860. The average Bonchev–Trinajstić information content (AvgIpc) is 2.86. The molecule has 6 nitrogen and oxygen atoms in total. The number of nitrogens with zero attached hydrogens (tertiary/aromatic N) is 1. The van der Waals surface area contributed by atoms with Crippen molar-refractivity contribution in [1.82, 2.24) is 15.8 Å². The van der Waals surface area contributed by atoms with Crippen molar-refractivity contribution in [2.75, 3.05) is 5.32 Å². The third-order valence-corrected chi connectivity index (χ3v) is 4.78. The second-order valence-corrected chi connectivity index (χ2v) is 7.31. The summed E-state index contributed by atoms with van der Waals surface area (Å²) in [5.41, 5.74) is 3.46. The standard InChI is InChI=1S/C19H19ClN4O2S/c1-19(12-11-13-5-3-2-4-6-13)16(25)24(18(26)22-19)23-17(27)21-15-9-7-14(20)8-10-15/h2-10H,11-12H2,1H3,(H,22,26)(H2,21,23,27)/t19-/m0/s1. The van der Waals surface area contributed by atoms with Crippen molar-refractivity contribution < 1.29 is 9.59 Å². The zero-order valence-electron chi connectivity index (χ0n) is 14.7. The van der Waals surface area contributed by atoms with Crippen molar-refractivity contribution in [2.45, 2.75) is 25.3 Å². The number of amides is 3. The van der Waals surface area contributed by atoms with Crippen LogP contribution in [0.25, 0.3) is 0 Å². The van der Waals surface area contributed by atoms with Gasteiger partial charge in [-0.25, -0.2) is 4.79 Å². The SMILES string of the molecule is C[C@@]1(CCc2ccccc2)NC(=O)N(NC(=S)Nc2ccc(Cl)cc2)C1=O. The fourth-order valence-electron chi connectivity index (χ4n) is 2.79. The van der Waals surface area contributed by atoms with Gasteiger partial charge >= 0.3 is 6.03 Å². The van der Waals surface area contributed by atoms with E-state index < -0.39 is 11.6 Å². The number of carbonyl (C=O) groups is 2. The van der Waals surface area contributed by atoms with Gasteiger partial charge in [-0.05, 0) is 61.8 Å². The molecule has 1 heterocycles. The molecule has 0 aromatic heterocycles. The minimum Gasteiger partial charge on any atom is -0.331 e. The van der Waals surface area contributed by atoms with Crippen LogP contribution in [0.1, 0.15) is 18.9 Å². The molecule has 3 amide bonds. The summed E-state index contributed by atoms with van der Waals surface area (Å²) in [4.78, 5) is 25.0. The van der Waals surface area contributed by atoms with Crippen LogP contribution in [0.3, 0.4) is 0 Å². The van der Waals surface area contributed by atoms with E-state index in [4.69, 9.17) is 23.8 Å². The van der Waals surface area contributed by atoms with E-state index in [0.29, 0.717) is 23.6 Å². The summed E-state index contributed by atoms with van der Waals surface area (Å²) in [6.45, 7) is 1.72. The zero-order chi connectivity index (χ0) is 19.4. The molecule has 3 rings (SSSR count). The summed E-state index contributed by atoms with van der Waals surface area (Å²) in [7, 11) is 0. The number of anilines is 1. The van der Waals surface area contributed by atoms with Crippen LogP contribution >= 0.6 is 23.8 Å². The maximum absolute atomic E-state index is 12.8. The fourth-order valence-corrected chi connectivity index (χ4v) is 3.12. The van der Waals surface area contributed by atoms with Crippen LogP contribution in [-0.4, -0.2) is 27.6 Å². The number of carbonyl (C=O) groups excluding carboxylic acids is 2. The number of hydrogen-bond acceptors (Lipinski definition) is 3. The van der Waals surface area contributed by atoms with Crippen molar-refractivity contribution >= 4 is 46.6 Å². The molecular formula is C19H19ClN4O2S. The van der Waals surface area contributed by atoms with Gasteiger partial charge in [-0.1, -0.05) is 41.9 Å². The topological polar surface area (TPSA) is 73.5 Å². The first-order chi connectivity index (χ1) is 12.9. The molecule has 1 fully saturated rings. The molecule has 1 aliphatic heterocycles. The molecule has 1 saturated heterocycles. The van der Waals surface area contributed by atoms with Gasteiger partial charge in [0.25, 0.3) is 5.91 Å². The molecule has 0 bridgehead atoms. The highest BCUT2D eigenvalue weighted by Crippen LogP contribution is 2.22. The molecule has 3 N–H and O–H groups in total. The summed E-state index contributed by atoms with van der Waals surface area (Å²) < 4.78 is 0.